The Balaban J connectivity index is 1.73. The quantitative estimate of drug-likeness (QED) is 0.643. The Morgan fingerprint density at radius 2 is 1.80 bits per heavy atom. The van der Waals surface area contributed by atoms with Crippen molar-refractivity contribution in [3.63, 3.8) is 0 Å². The van der Waals surface area contributed by atoms with Crippen LogP contribution in [0.15, 0.2) is 36.4 Å². The van der Waals surface area contributed by atoms with Gasteiger partial charge in [0.2, 0.25) is 0 Å². The van der Waals surface area contributed by atoms with E-state index in [1.165, 1.54) is 4.68 Å². The van der Waals surface area contributed by atoms with Crippen LogP contribution in [0, 0.1) is 20.8 Å². The van der Waals surface area contributed by atoms with Gasteiger partial charge < -0.3 is 14.8 Å². The molecule has 0 saturated heterocycles. The lowest BCUT2D eigenvalue weighted by Gasteiger charge is -2.12. The van der Waals surface area contributed by atoms with Gasteiger partial charge in [-0.05, 0) is 51.5 Å². The van der Waals surface area contributed by atoms with Gasteiger partial charge in [0.1, 0.15) is 5.82 Å². The van der Waals surface area contributed by atoms with E-state index >= 15 is 0 Å². The highest BCUT2D eigenvalue weighted by Gasteiger charge is 2.15. The third-order valence-electron chi connectivity index (χ3n) is 4.16. The van der Waals surface area contributed by atoms with E-state index in [0.717, 1.165) is 22.6 Å². The molecule has 30 heavy (non-hydrogen) atoms. The van der Waals surface area contributed by atoms with Gasteiger partial charge in [0, 0.05) is 17.5 Å². The number of hydrogen-bond acceptors (Lipinski definition) is 6. The number of aromatic nitrogens is 4. The van der Waals surface area contributed by atoms with Crippen molar-refractivity contribution in [2.75, 3.05) is 19.0 Å². The van der Waals surface area contributed by atoms with Crippen LogP contribution in [0.1, 0.15) is 29.6 Å². The van der Waals surface area contributed by atoms with Gasteiger partial charge in [0.15, 0.2) is 18.1 Å². The van der Waals surface area contributed by atoms with E-state index in [2.05, 4.69) is 20.4 Å². The van der Waals surface area contributed by atoms with E-state index in [0.29, 0.717) is 23.3 Å². The highest BCUT2D eigenvalue weighted by Crippen LogP contribution is 2.28. The lowest BCUT2D eigenvalue weighted by atomic mass is 10.2. The molecule has 3 aromatic rings. The molecule has 0 atom stereocenters. The Kier molecular flexibility index (Phi) is 6.46. The number of carbonyl (C=O) groups is 1. The van der Waals surface area contributed by atoms with E-state index in [-0.39, 0.29) is 12.5 Å². The maximum absolute atomic E-state index is 12.5. The summed E-state index contributed by atoms with van der Waals surface area (Å²) >= 11 is 0. The Bertz CT molecular complexity index is 1070. The fourth-order valence-corrected chi connectivity index (χ4v) is 2.96. The molecule has 2 aromatic heterocycles. The van der Waals surface area contributed by atoms with E-state index in [9.17, 15) is 4.79 Å². The van der Waals surface area contributed by atoms with E-state index in [4.69, 9.17) is 9.47 Å². The van der Waals surface area contributed by atoms with E-state index < -0.39 is 0 Å². The van der Waals surface area contributed by atoms with Crippen LogP contribution in [0.25, 0.3) is 12.0 Å². The van der Waals surface area contributed by atoms with Crippen molar-refractivity contribution >= 4 is 17.8 Å². The van der Waals surface area contributed by atoms with Gasteiger partial charge >= 0.3 is 0 Å². The normalized spacial score (nSPS) is 11.0. The van der Waals surface area contributed by atoms with Gasteiger partial charge in [-0.1, -0.05) is 18.2 Å². The molecule has 8 heteroatoms. The molecule has 0 aliphatic carbocycles. The second kappa shape index (κ2) is 9.21. The minimum atomic E-state index is -0.333. The van der Waals surface area contributed by atoms with Gasteiger partial charge in [0.05, 0.1) is 12.8 Å². The van der Waals surface area contributed by atoms with Crippen LogP contribution in [-0.2, 0) is 4.79 Å². The summed E-state index contributed by atoms with van der Waals surface area (Å²) in [5.41, 5.74) is 3.36. The molecule has 0 aliphatic rings. The van der Waals surface area contributed by atoms with Crippen molar-refractivity contribution in [1.29, 1.82) is 0 Å². The molecule has 0 radical (unpaired) electrons. The zero-order chi connectivity index (χ0) is 21.7. The number of hydrogen-bond donors (Lipinski definition) is 1. The fraction of sp³-hybridized carbons (Fsp3) is 0.273. The monoisotopic (exact) mass is 407 g/mol. The predicted octanol–water partition coefficient (Wildman–Crippen LogP) is 3.65. The molecule has 0 aliphatic heterocycles. The number of allylic oxidation sites excluding steroid dienone is 1. The fourth-order valence-electron chi connectivity index (χ4n) is 2.96. The maximum atomic E-state index is 12.5. The van der Waals surface area contributed by atoms with E-state index in [1.54, 1.807) is 19.2 Å². The number of benzene rings is 1. The van der Waals surface area contributed by atoms with Crippen molar-refractivity contribution in [2.45, 2.75) is 27.7 Å². The number of anilines is 1. The van der Waals surface area contributed by atoms with Crippen LogP contribution >= 0.6 is 0 Å². The molecule has 0 bridgehead atoms. The number of rotatable bonds is 7. The highest BCUT2D eigenvalue weighted by atomic mass is 16.5. The molecular weight excluding hydrogens is 382 g/mol. The summed E-state index contributed by atoms with van der Waals surface area (Å²) in [4.78, 5) is 21.3. The summed E-state index contributed by atoms with van der Waals surface area (Å²) in [7, 11) is 1.56. The van der Waals surface area contributed by atoms with Crippen LogP contribution in [-0.4, -0.2) is 39.4 Å². The number of methoxy groups -OCH3 is 1. The minimum absolute atomic E-state index is 0.183. The van der Waals surface area contributed by atoms with Crippen LogP contribution < -0.4 is 14.8 Å². The lowest BCUT2D eigenvalue weighted by molar-refractivity contribution is -0.118. The molecule has 1 aromatic carbocycles. The van der Waals surface area contributed by atoms with Crippen molar-refractivity contribution in [3.05, 3.63) is 59.1 Å². The van der Waals surface area contributed by atoms with Gasteiger partial charge in [0.25, 0.3) is 11.9 Å². The lowest BCUT2D eigenvalue weighted by Crippen LogP contribution is -2.22. The molecule has 0 saturated carbocycles. The van der Waals surface area contributed by atoms with Gasteiger partial charge in [-0.15, -0.1) is 0 Å². The SMILES string of the molecule is C/C=C/c1ccc(OCC(=O)Nc2cc(C)nn2-c2nc(C)cc(C)n2)c(OC)c1. The van der Waals surface area contributed by atoms with Crippen molar-refractivity contribution in [2.24, 2.45) is 0 Å². The van der Waals surface area contributed by atoms with Gasteiger partial charge in [-0.25, -0.2) is 9.97 Å². The average molecular weight is 407 g/mol. The Hall–Kier alpha value is -3.68. The standard InChI is InChI=1S/C22H25N5O3/c1-6-7-17-8-9-18(19(12-17)29-5)30-13-21(28)25-20-11-16(4)26-27(20)22-23-14(2)10-15(3)24-22/h6-12H,13H2,1-5H3,(H,25,28)/b7-6+. The van der Waals surface area contributed by atoms with Crippen LogP contribution in [0.4, 0.5) is 5.82 Å². The van der Waals surface area contributed by atoms with Crippen molar-refractivity contribution in [3.8, 4) is 17.4 Å². The molecule has 2 heterocycles. The Morgan fingerprint density at radius 1 is 1.07 bits per heavy atom. The molecule has 1 amide bonds. The Morgan fingerprint density at radius 3 is 2.47 bits per heavy atom. The van der Waals surface area contributed by atoms with Crippen LogP contribution in [0.2, 0.25) is 0 Å². The summed E-state index contributed by atoms with van der Waals surface area (Å²) in [6.07, 6.45) is 3.89. The first kappa shape index (κ1) is 21.0. The largest absolute Gasteiger partial charge is 0.493 e. The third kappa shape index (κ3) is 5.02. The maximum Gasteiger partial charge on any atom is 0.263 e. The molecular formula is C22H25N5O3. The number of nitrogens with zero attached hydrogens (tertiary/aromatic N) is 4. The van der Waals surface area contributed by atoms with Crippen molar-refractivity contribution in [1.82, 2.24) is 19.7 Å². The predicted molar refractivity (Wildman–Crippen MR) is 115 cm³/mol. The molecule has 0 spiro atoms. The second-order valence-corrected chi connectivity index (χ2v) is 6.78. The number of aryl methyl sites for hydroxylation is 3. The first-order valence-electron chi connectivity index (χ1n) is 9.52. The zero-order valence-electron chi connectivity index (χ0n) is 17.8. The summed E-state index contributed by atoms with van der Waals surface area (Å²) in [6.45, 7) is 7.36. The third-order valence-corrected chi connectivity index (χ3v) is 4.16. The van der Waals surface area contributed by atoms with Crippen LogP contribution in [0.3, 0.4) is 0 Å². The van der Waals surface area contributed by atoms with Gasteiger partial charge in [-0.3, -0.25) is 4.79 Å². The average Bonchev–Trinajstić information content (AvgIpc) is 3.06. The van der Waals surface area contributed by atoms with Crippen LogP contribution in [0.5, 0.6) is 11.5 Å². The topological polar surface area (TPSA) is 91.2 Å². The zero-order valence-corrected chi connectivity index (χ0v) is 17.8. The Labute approximate surface area is 175 Å². The number of nitrogens with one attached hydrogen (secondary N) is 1. The number of ether oxygens (including phenoxy) is 2. The minimum Gasteiger partial charge on any atom is -0.493 e. The van der Waals surface area contributed by atoms with Crippen molar-refractivity contribution < 1.29 is 14.3 Å². The first-order valence-corrected chi connectivity index (χ1v) is 9.52. The summed E-state index contributed by atoms with van der Waals surface area (Å²) in [5, 5.41) is 7.21. The molecule has 3 rings (SSSR count). The molecule has 156 valence electrons. The molecule has 1 N–H and O–H groups in total. The first-order chi connectivity index (χ1) is 14.4. The number of amides is 1. The van der Waals surface area contributed by atoms with E-state index in [1.807, 2.05) is 58.0 Å². The molecule has 8 nitrogen and oxygen atoms in total. The smallest absolute Gasteiger partial charge is 0.263 e. The highest BCUT2D eigenvalue weighted by molar-refractivity contribution is 5.91. The number of carbonyl (C=O) groups excluding carboxylic acids is 1. The van der Waals surface area contributed by atoms with Gasteiger partial charge in [-0.2, -0.15) is 9.78 Å². The second-order valence-electron chi connectivity index (χ2n) is 6.78. The summed E-state index contributed by atoms with van der Waals surface area (Å²) < 4.78 is 12.5. The summed E-state index contributed by atoms with van der Waals surface area (Å²) in [6, 6.07) is 9.15. The summed E-state index contributed by atoms with van der Waals surface area (Å²) in [5.74, 6) is 1.59. The molecule has 0 fully saturated rings. The molecule has 0 unspecified atom stereocenters.